The Hall–Kier alpha value is -5.06. The Balaban J connectivity index is 1.25. The lowest BCUT2D eigenvalue weighted by Crippen LogP contribution is -2.48. The minimum atomic E-state index is -4.20. The molecule has 15 nitrogen and oxygen atoms in total. The maximum absolute atomic E-state index is 13.2. The molecular formula is C42H58N6O9S. The van der Waals surface area contributed by atoms with E-state index in [1.54, 1.807) is 17.0 Å². The molecule has 16 heteroatoms. The van der Waals surface area contributed by atoms with Crippen LogP contribution in [0, 0.1) is 0 Å². The highest BCUT2D eigenvalue weighted by molar-refractivity contribution is 7.89. The van der Waals surface area contributed by atoms with Crippen LogP contribution in [0.1, 0.15) is 88.0 Å². The molecule has 1 aliphatic heterocycles. The Kier molecular flexibility index (Phi) is 16.2. The van der Waals surface area contributed by atoms with Crippen molar-refractivity contribution in [1.82, 2.24) is 25.7 Å². The second kappa shape index (κ2) is 20.6. The molecule has 1 aromatic heterocycles. The quantitative estimate of drug-likeness (QED) is 0.105. The third-order valence-corrected chi connectivity index (χ3v) is 10.4. The number of nitrogens with zero attached hydrogens (tertiary/aromatic N) is 2. The summed E-state index contributed by atoms with van der Waals surface area (Å²) in [6, 6.07) is 15.1. The Labute approximate surface area is 342 Å². The standard InChI is InChI=1S/C42H58N6O9S/c1-41(2,3)45-25-24-43-36(49)11-9-27-56-33-20-22-34(23-21-33)58(53,54)47-35(39(51)55-7)28-44-38(50)31-15-12-29(13-16-31)14-18-32-19-17-30-10-8-26-48(37(30)46-32)40(52)57-42(4,5)6/h12-13,15-17,19-23,35,45,47H,8-11,14,18,24-28H2,1-7H3,(H,43,49)(H,44,50)/t35-/m1/s1. The normalized spacial score (nSPS) is 13.5. The number of nitrogens with one attached hydrogen (secondary N) is 4. The van der Waals surface area contributed by atoms with E-state index in [0.717, 1.165) is 36.8 Å². The van der Waals surface area contributed by atoms with E-state index in [4.69, 9.17) is 19.2 Å². The number of sulfonamides is 1. The van der Waals surface area contributed by atoms with E-state index in [-0.39, 0.29) is 35.9 Å². The summed E-state index contributed by atoms with van der Waals surface area (Å²) in [6.45, 7) is 13.3. The summed E-state index contributed by atoms with van der Waals surface area (Å²) < 4.78 is 44.8. The SMILES string of the molecule is COC(=O)[C@@H](CNC(=O)c1ccc(CCc2ccc3c(n2)N(C(=O)OC(C)(C)C)CCC3)cc1)NS(=O)(=O)c1ccc(OCCCC(=O)NCCNC(C)(C)C)cc1. The van der Waals surface area contributed by atoms with E-state index in [2.05, 4.69) is 41.4 Å². The van der Waals surface area contributed by atoms with Gasteiger partial charge in [0.1, 0.15) is 23.2 Å². The van der Waals surface area contributed by atoms with Crippen LogP contribution in [-0.4, -0.2) is 94.4 Å². The number of hydrogen-bond donors (Lipinski definition) is 4. The first kappa shape index (κ1) is 45.6. The van der Waals surface area contributed by atoms with Crippen molar-refractivity contribution in [3.63, 3.8) is 0 Å². The molecule has 0 fully saturated rings. The van der Waals surface area contributed by atoms with Gasteiger partial charge in [-0.3, -0.25) is 19.3 Å². The molecule has 0 radical (unpaired) electrons. The molecule has 0 aliphatic carbocycles. The number of aryl methyl sites for hydroxylation is 3. The second-order valence-electron chi connectivity index (χ2n) is 16.1. The van der Waals surface area contributed by atoms with Gasteiger partial charge in [0.2, 0.25) is 15.9 Å². The molecular weight excluding hydrogens is 765 g/mol. The van der Waals surface area contributed by atoms with Crippen molar-refractivity contribution in [2.24, 2.45) is 0 Å². The summed E-state index contributed by atoms with van der Waals surface area (Å²) in [7, 11) is -3.08. The summed E-state index contributed by atoms with van der Waals surface area (Å²) in [5.74, 6) is -0.415. The van der Waals surface area contributed by atoms with Crippen LogP contribution < -0.4 is 30.3 Å². The molecule has 0 bridgehead atoms. The molecule has 2 heterocycles. The van der Waals surface area contributed by atoms with Crippen LogP contribution in [0.5, 0.6) is 5.75 Å². The molecule has 3 amide bonds. The van der Waals surface area contributed by atoms with Crippen molar-refractivity contribution in [3.8, 4) is 5.75 Å². The molecule has 0 unspecified atom stereocenters. The van der Waals surface area contributed by atoms with Crippen molar-refractivity contribution in [3.05, 3.63) is 83.0 Å². The van der Waals surface area contributed by atoms with Gasteiger partial charge in [0.25, 0.3) is 5.91 Å². The highest BCUT2D eigenvalue weighted by atomic mass is 32.2. The van der Waals surface area contributed by atoms with Crippen LogP contribution in [0.4, 0.5) is 10.6 Å². The Morgan fingerprint density at radius 2 is 1.59 bits per heavy atom. The molecule has 2 aromatic carbocycles. The average Bonchev–Trinajstić information content (AvgIpc) is 3.17. The molecule has 58 heavy (non-hydrogen) atoms. The fourth-order valence-corrected chi connectivity index (χ4v) is 7.13. The number of hydrogen-bond acceptors (Lipinski definition) is 11. The van der Waals surface area contributed by atoms with Crippen molar-refractivity contribution >= 4 is 39.7 Å². The number of carbonyl (C=O) groups is 4. The van der Waals surface area contributed by atoms with Crippen LogP contribution in [-0.2, 0) is 48.3 Å². The Morgan fingerprint density at radius 1 is 0.879 bits per heavy atom. The number of methoxy groups -OCH3 is 1. The minimum Gasteiger partial charge on any atom is -0.494 e. The molecule has 1 aliphatic rings. The van der Waals surface area contributed by atoms with Gasteiger partial charge in [-0.1, -0.05) is 18.2 Å². The number of anilines is 1. The molecule has 4 rings (SSSR count). The largest absolute Gasteiger partial charge is 0.494 e. The maximum Gasteiger partial charge on any atom is 0.416 e. The second-order valence-corrected chi connectivity index (χ2v) is 17.8. The summed E-state index contributed by atoms with van der Waals surface area (Å²) >= 11 is 0. The molecule has 316 valence electrons. The number of esters is 1. The van der Waals surface area contributed by atoms with E-state index >= 15 is 0 Å². The number of rotatable bonds is 18. The zero-order chi connectivity index (χ0) is 42.5. The first-order chi connectivity index (χ1) is 27.3. The van der Waals surface area contributed by atoms with Gasteiger partial charge in [-0.25, -0.2) is 18.2 Å². The smallest absolute Gasteiger partial charge is 0.416 e. The summed E-state index contributed by atoms with van der Waals surface area (Å²) in [5.41, 5.74) is 2.47. The number of pyridine rings is 1. The fraction of sp³-hybridized carbons (Fsp3) is 0.500. The maximum atomic E-state index is 13.2. The zero-order valence-electron chi connectivity index (χ0n) is 34.6. The minimum absolute atomic E-state index is 0.0248. The molecule has 0 spiro atoms. The topological polar surface area (TPSA) is 194 Å². The van der Waals surface area contributed by atoms with Gasteiger partial charge in [0.15, 0.2) is 0 Å². The lowest BCUT2D eigenvalue weighted by atomic mass is 10.0. The monoisotopic (exact) mass is 822 g/mol. The third kappa shape index (κ3) is 14.7. The Morgan fingerprint density at radius 3 is 2.24 bits per heavy atom. The number of fused-ring (bicyclic) bond motifs is 1. The number of aromatic nitrogens is 1. The van der Waals surface area contributed by atoms with E-state index in [0.29, 0.717) is 56.0 Å². The van der Waals surface area contributed by atoms with Gasteiger partial charge in [-0.2, -0.15) is 4.72 Å². The highest BCUT2D eigenvalue weighted by Gasteiger charge is 2.29. The van der Waals surface area contributed by atoms with E-state index in [9.17, 15) is 27.6 Å². The predicted octanol–water partition coefficient (Wildman–Crippen LogP) is 4.47. The molecule has 1 atom stereocenters. The van der Waals surface area contributed by atoms with Crippen LogP contribution >= 0.6 is 0 Å². The average molecular weight is 823 g/mol. The van der Waals surface area contributed by atoms with E-state index in [1.165, 1.54) is 24.3 Å². The van der Waals surface area contributed by atoms with Gasteiger partial charge >= 0.3 is 12.1 Å². The van der Waals surface area contributed by atoms with Gasteiger partial charge in [0.05, 0.1) is 18.6 Å². The molecule has 0 saturated carbocycles. The Bertz CT molecular complexity index is 1980. The van der Waals surface area contributed by atoms with E-state index < -0.39 is 39.6 Å². The number of carbonyl (C=O) groups excluding carboxylic acids is 4. The number of amides is 3. The first-order valence-electron chi connectivity index (χ1n) is 19.5. The highest BCUT2D eigenvalue weighted by Crippen LogP contribution is 2.27. The number of benzene rings is 2. The predicted molar refractivity (Wildman–Crippen MR) is 220 cm³/mol. The third-order valence-electron chi connectivity index (χ3n) is 8.90. The van der Waals surface area contributed by atoms with Crippen LogP contribution in [0.2, 0.25) is 0 Å². The lowest BCUT2D eigenvalue weighted by molar-refractivity contribution is -0.142. The van der Waals surface area contributed by atoms with Crippen LogP contribution in [0.3, 0.4) is 0 Å². The summed E-state index contributed by atoms with van der Waals surface area (Å²) in [6.07, 6.45) is 3.26. The molecule has 0 saturated heterocycles. The summed E-state index contributed by atoms with van der Waals surface area (Å²) in [4.78, 5) is 56.8. The van der Waals surface area contributed by atoms with Crippen molar-refractivity contribution in [1.29, 1.82) is 0 Å². The van der Waals surface area contributed by atoms with Gasteiger partial charge in [-0.15, -0.1) is 0 Å². The van der Waals surface area contributed by atoms with Gasteiger partial charge in [-0.05, 0) is 127 Å². The van der Waals surface area contributed by atoms with Gasteiger partial charge in [0, 0.05) is 49.4 Å². The van der Waals surface area contributed by atoms with E-state index in [1.807, 2.05) is 45.0 Å². The van der Waals surface area contributed by atoms with Crippen LogP contribution in [0.25, 0.3) is 0 Å². The van der Waals surface area contributed by atoms with Crippen molar-refractivity contribution < 1.29 is 41.8 Å². The van der Waals surface area contributed by atoms with Crippen molar-refractivity contribution in [2.75, 3.05) is 44.8 Å². The summed E-state index contributed by atoms with van der Waals surface area (Å²) in [5, 5.41) is 8.77. The van der Waals surface area contributed by atoms with Crippen LogP contribution in [0.15, 0.2) is 65.6 Å². The molecule has 4 N–H and O–H groups in total. The fourth-order valence-electron chi connectivity index (χ4n) is 5.94. The van der Waals surface area contributed by atoms with Gasteiger partial charge < -0.3 is 30.2 Å². The number of ether oxygens (including phenoxy) is 3. The zero-order valence-corrected chi connectivity index (χ0v) is 35.4. The molecule has 3 aromatic rings. The van der Waals surface area contributed by atoms with Crippen molar-refractivity contribution in [2.45, 2.75) is 102 Å². The lowest BCUT2D eigenvalue weighted by Gasteiger charge is -2.31. The first-order valence-corrected chi connectivity index (χ1v) is 21.0.